The van der Waals surface area contributed by atoms with Crippen LogP contribution in [0.1, 0.15) is 33.8 Å². The number of aliphatic hydroxyl groups is 1. The smallest absolute Gasteiger partial charge is 0.263 e. The summed E-state index contributed by atoms with van der Waals surface area (Å²) in [5.41, 5.74) is 3.89. The highest BCUT2D eigenvalue weighted by molar-refractivity contribution is 7.21. The van der Waals surface area contributed by atoms with Crippen molar-refractivity contribution in [3.63, 3.8) is 0 Å². The lowest BCUT2D eigenvalue weighted by molar-refractivity contribution is 0.0959. The molecule has 0 saturated carbocycles. The Morgan fingerprint density at radius 2 is 1.94 bits per heavy atom. The van der Waals surface area contributed by atoms with Gasteiger partial charge >= 0.3 is 0 Å². The number of hydrogen-bond donors (Lipinski definition) is 4. The molecule has 2 aliphatic rings. The standard InChI is InChI=1S/C24H29N5O2S/c1-25-21-20-9-6-18(14-30)28-24(20)32-22(21)23(31)26-11-10-15-2-7-19(8-3-15)29-12-16-4-5-17(13-29)27-16/h2-3,6-9,16-17,25,27,30H,4-5,10-14H2,1H3,(H,26,31)/t16-,17?/m1/s1. The van der Waals surface area contributed by atoms with Crippen molar-refractivity contribution in [1.82, 2.24) is 15.6 Å². The molecule has 2 atom stereocenters. The number of aliphatic hydroxyl groups excluding tert-OH is 1. The fraction of sp³-hybridized carbons (Fsp3) is 0.417. The van der Waals surface area contributed by atoms with Crippen molar-refractivity contribution in [2.24, 2.45) is 0 Å². The molecule has 2 aliphatic heterocycles. The Kier molecular flexibility index (Phi) is 5.99. The summed E-state index contributed by atoms with van der Waals surface area (Å²) in [5, 5.41) is 20.1. The fourth-order valence-corrected chi connectivity index (χ4v) is 5.91. The molecule has 2 aromatic heterocycles. The van der Waals surface area contributed by atoms with Crippen LogP contribution in [0.2, 0.25) is 0 Å². The van der Waals surface area contributed by atoms with Crippen LogP contribution in [0, 0.1) is 0 Å². The first-order valence-corrected chi connectivity index (χ1v) is 12.1. The van der Waals surface area contributed by atoms with Gasteiger partial charge in [0.25, 0.3) is 5.91 Å². The van der Waals surface area contributed by atoms with Crippen LogP contribution in [0.3, 0.4) is 0 Å². The van der Waals surface area contributed by atoms with Crippen molar-refractivity contribution in [3.05, 3.63) is 52.5 Å². The summed E-state index contributed by atoms with van der Waals surface area (Å²) < 4.78 is 0. The SMILES string of the molecule is CNc1c(C(=O)NCCc2ccc(N3CC4CC[C@H](C3)N4)cc2)sc2nc(CO)ccc12. The molecule has 4 heterocycles. The zero-order valence-electron chi connectivity index (χ0n) is 18.2. The average molecular weight is 452 g/mol. The van der Waals surface area contributed by atoms with E-state index in [2.05, 4.69) is 50.1 Å². The zero-order valence-corrected chi connectivity index (χ0v) is 19.0. The van der Waals surface area contributed by atoms with Gasteiger partial charge in [-0.05, 0) is 49.1 Å². The first-order chi connectivity index (χ1) is 15.6. The second kappa shape index (κ2) is 9.05. The molecular formula is C24H29N5O2S. The van der Waals surface area contributed by atoms with Crippen molar-refractivity contribution in [3.8, 4) is 0 Å². The number of fused-ring (bicyclic) bond motifs is 3. The van der Waals surface area contributed by atoms with Gasteiger partial charge in [0.2, 0.25) is 0 Å². The monoisotopic (exact) mass is 451 g/mol. The van der Waals surface area contributed by atoms with Crippen molar-refractivity contribution < 1.29 is 9.90 Å². The first-order valence-electron chi connectivity index (χ1n) is 11.2. The van der Waals surface area contributed by atoms with Gasteiger partial charge in [-0.3, -0.25) is 4.79 Å². The number of amides is 1. The predicted octanol–water partition coefficient (Wildman–Crippen LogP) is 2.74. The Balaban J connectivity index is 1.20. The summed E-state index contributed by atoms with van der Waals surface area (Å²) in [6.07, 6.45) is 3.35. The van der Waals surface area contributed by atoms with Crippen LogP contribution >= 0.6 is 11.3 Å². The van der Waals surface area contributed by atoms with Gasteiger partial charge in [-0.1, -0.05) is 12.1 Å². The van der Waals surface area contributed by atoms with E-state index in [0.29, 0.717) is 29.2 Å². The molecule has 2 fully saturated rings. The van der Waals surface area contributed by atoms with E-state index in [0.717, 1.165) is 35.4 Å². The van der Waals surface area contributed by atoms with Crippen molar-refractivity contribution in [2.75, 3.05) is 36.9 Å². The van der Waals surface area contributed by atoms with E-state index in [1.807, 2.05) is 13.1 Å². The molecule has 2 bridgehead atoms. The van der Waals surface area contributed by atoms with E-state index in [1.54, 1.807) is 6.07 Å². The topological polar surface area (TPSA) is 89.5 Å². The number of benzene rings is 1. The number of hydrogen-bond acceptors (Lipinski definition) is 7. The van der Waals surface area contributed by atoms with Crippen molar-refractivity contribution in [2.45, 2.75) is 38.0 Å². The summed E-state index contributed by atoms with van der Waals surface area (Å²) >= 11 is 1.35. The molecule has 0 radical (unpaired) electrons. The molecule has 5 rings (SSSR count). The number of nitrogens with one attached hydrogen (secondary N) is 3. The number of carbonyl (C=O) groups excluding carboxylic acids is 1. The molecule has 1 unspecified atom stereocenters. The molecule has 7 nitrogen and oxygen atoms in total. The Hall–Kier alpha value is -2.68. The number of rotatable bonds is 7. The van der Waals surface area contributed by atoms with Gasteiger partial charge in [-0.15, -0.1) is 11.3 Å². The van der Waals surface area contributed by atoms with Gasteiger partial charge in [0, 0.05) is 49.8 Å². The average Bonchev–Trinajstić information content (AvgIpc) is 3.37. The quantitative estimate of drug-likeness (QED) is 0.442. The highest BCUT2D eigenvalue weighted by Crippen LogP contribution is 2.34. The Labute approximate surface area is 191 Å². The second-order valence-electron chi connectivity index (χ2n) is 8.58. The highest BCUT2D eigenvalue weighted by atomic mass is 32.1. The maximum absolute atomic E-state index is 12.8. The molecular weight excluding hydrogens is 422 g/mol. The molecule has 0 spiro atoms. The lowest BCUT2D eigenvalue weighted by atomic mass is 10.1. The van der Waals surface area contributed by atoms with Crippen LogP contribution in [-0.2, 0) is 13.0 Å². The normalized spacial score (nSPS) is 20.0. The van der Waals surface area contributed by atoms with Gasteiger partial charge in [-0.2, -0.15) is 0 Å². The Morgan fingerprint density at radius 1 is 1.19 bits per heavy atom. The zero-order chi connectivity index (χ0) is 22.1. The van der Waals surface area contributed by atoms with Crippen molar-refractivity contribution in [1.29, 1.82) is 0 Å². The number of pyridine rings is 1. The molecule has 1 amide bonds. The Morgan fingerprint density at radius 3 is 2.62 bits per heavy atom. The summed E-state index contributed by atoms with van der Waals surface area (Å²) in [6, 6.07) is 13.7. The van der Waals surface area contributed by atoms with Crippen LogP contribution in [-0.4, -0.2) is 54.8 Å². The van der Waals surface area contributed by atoms with Gasteiger partial charge < -0.3 is 26.0 Å². The van der Waals surface area contributed by atoms with E-state index in [9.17, 15) is 9.90 Å². The molecule has 2 saturated heterocycles. The van der Waals surface area contributed by atoms with E-state index in [4.69, 9.17) is 0 Å². The lowest BCUT2D eigenvalue weighted by Gasteiger charge is -2.34. The third-order valence-corrected chi connectivity index (χ3v) is 7.55. The summed E-state index contributed by atoms with van der Waals surface area (Å²) in [5.74, 6) is -0.101. The van der Waals surface area contributed by atoms with Gasteiger partial charge in [0.05, 0.1) is 18.0 Å². The van der Waals surface area contributed by atoms with E-state index < -0.39 is 0 Å². The maximum Gasteiger partial charge on any atom is 0.263 e. The number of carbonyl (C=O) groups is 1. The molecule has 3 aromatic rings. The summed E-state index contributed by atoms with van der Waals surface area (Å²) in [7, 11) is 1.81. The highest BCUT2D eigenvalue weighted by Gasteiger charge is 2.32. The van der Waals surface area contributed by atoms with E-state index in [-0.39, 0.29) is 12.5 Å². The number of anilines is 2. The molecule has 0 aliphatic carbocycles. The second-order valence-corrected chi connectivity index (χ2v) is 9.58. The number of aromatic nitrogens is 1. The number of nitrogens with zero attached hydrogens (tertiary/aromatic N) is 2. The van der Waals surface area contributed by atoms with E-state index >= 15 is 0 Å². The molecule has 32 heavy (non-hydrogen) atoms. The minimum absolute atomic E-state index is 0.101. The molecule has 168 valence electrons. The lowest BCUT2D eigenvalue weighted by Crippen LogP contribution is -2.51. The maximum atomic E-state index is 12.8. The predicted molar refractivity (Wildman–Crippen MR) is 130 cm³/mol. The third-order valence-electron chi connectivity index (χ3n) is 6.45. The van der Waals surface area contributed by atoms with Crippen molar-refractivity contribution >= 4 is 38.8 Å². The summed E-state index contributed by atoms with van der Waals surface area (Å²) in [4.78, 5) is 21.1. The van der Waals surface area contributed by atoms with Crippen LogP contribution in [0.15, 0.2) is 36.4 Å². The largest absolute Gasteiger partial charge is 0.390 e. The van der Waals surface area contributed by atoms with Gasteiger partial charge in [0.15, 0.2) is 0 Å². The minimum Gasteiger partial charge on any atom is -0.390 e. The summed E-state index contributed by atoms with van der Waals surface area (Å²) in [6.45, 7) is 2.63. The number of thiophene rings is 1. The fourth-order valence-electron chi connectivity index (χ4n) is 4.79. The third kappa shape index (κ3) is 4.18. The Bertz CT molecular complexity index is 1100. The molecule has 8 heteroatoms. The van der Waals surface area contributed by atoms with Crippen LogP contribution < -0.4 is 20.9 Å². The molecule has 4 N–H and O–H groups in total. The van der Waals surface area contributed by atoms with E-state index in [1.165, 1.54) is 35.4 Å². The number of piperazine rings is 1. The van der Waals surface area contributed by atoms with Gasteiger partial charge in [0.1, 0.15) is 9.71 Å². The molecule has 1 aromatic carbocycles. The van der Waals surface area contributed by atoms with Crippen LogP contribution in [0.4, 0.5) is 11.4 Å². The first kappa shape index (κ1) is 21.2. The van der Waals surface area contributed by atoms with Crippen LogP contribution in [0.25, 0.3) is 10.2 Å². The minimum atomic E-state index is -0.112. The van der Waals surface area contributed by atoms with Gasteiger partial charge in [-0.25, -0.2) is 4.98 Å². The van der Waals surface area contributed by atoms with Crippen LogP contribution in [0.5, 0.6) is 0 Å².